The maximum atomic E-state index is 13.1. The number of benzene rings is 2. The molecule has 1 heterocycles. The van der Waals surface area contributed by atoms with E-state index in [1.54, 1.807) is 36.4 Å². The van der Waals surface area contributed by atoms with Crippen molar-refractivity contribution in [1.29, 1.82) is 0 Å². The summed E-state index contributed by atoms with van der Waals surface area (Å²) in [6.45, 7) is 6.08. The minimum absolute atomic E-state index is 0.0314. The van der Waals surface area contributed by atoms with E-state index < -0.39 is 22.0 Å². The van der Waals surface area contributed by atoms with Crippen LogP contribution in [0.3, 0.4) is 0 Å². The Morgan fingerprint density at radius 1 is 1.06 bits per heavy atom. The Balaban J connectivity index is 1.87. The molecule has 0 radical (unpaired) electrons. The van der Waals surface area contributed by atoms with Crippen molar-refractivity contribution in [3.8, 4) is 11.5 Å². The van der Waals surface area contributed by atoms with E-state index in [4.69, 9.17) is 9.47 Å². The summed E-state index contributed by atoms with van der Waals surface area (Å²) in [7, 11) is -3.83. The van der Waals surface area contributed by atoms with Crippen molar-refractivity contribution < 1.29 is 27.5 Å². The van der Waals surface area contributed by atoms with Crippen molar-refractivity contribution in [2.75, 3.05) is 29.1 Å². The minimum Gasteiger partial charge on any atom is -0.486 e. The summed E-state index contributed by atoms with van der Waals surface area (Å²) in [4.78, 5) is 25.8. The summed E-state index contributed by atoms with van der Waals surface area (Å²) in [5.41, 5.74) is 0.863. The highest BCUT2D eigenvalue weighted by Crippen LogP contribution is 2.35. The van der Waals surface area contributed by atoms with E-state index in [0.29, 0.717) is 36.0 Å². The first kappa shape index (κ1) is 24.4. The maximum absolute atomic E-state index is 13.1. The van der Waals surface area contributed by atoms with Gasteiger partial charge >= 0.3 is 0 Å². The van der Waals surface area contributed by atoms with Gasteiger partial charge < -0.3 is 20.1 Å². The lowest BCUT2D eigenvalue weighted by molar-refractivity contribution is -0.116. The molecule has 0 saturated carbocycles. The first-order chi connectivity index (χ1) is 15.6. The number of fused-ring (bicyclic) bond motifs is 1. The van der Waals surface area contributed by atoms with Gasteiger partial charge in [0, 0.05) is 12.1 Å². The third-order valence-electron chi connectivity index (χ3n) is 5.29. The Bertz CT molecular complexity index is 1130. The summed E-state index contributed by atoms with van der Waals surface area (Å²) in [5, 5.41) is 5.57. The molecule has 1 aliphatic rings. The number of nitrogens with zero attached hydrogens (tertiary/aromatic N) is 1. The fraction of sp³-hybridized carbons (Fsp3) is 0.391. The monoisotopic (exact) mass is 475 g/mol. The van der Waals surface area contributed by atoms with Gasteiger partial charge in [-0.15, -0.1) is 0 Å². The van der Waals surface area contributed by atoms with Crippen molar-refractivity contribution in [1.82, 2.24) is 5.32 Å². The molecule has 178 valence electrons. The molecule has 2 N–H and O–H groups in total. The topological polar surface area (TPSA) is 114 Å². The molecule has 3 rings (SSSR count). The molecule has 2 aromatic rings. The van der Waals surface area contributed by atoms with Crippen LogP contribution in [0.4, 0.5) is 11.4 Å². The standard InChI is InChI=1S/C23H29N3O6S/c1-5-15(2)24-23(28)18-8-6-7-9-19(18)25-22(27)16(3)26(33(4,29)30)17-10-11-20-21(14-17)32-13-12-31-20/h6-11,14-16H,5,12-13H2,1-4H3,(H,24,28)(H,25,27)/t15-,16+/m0/s1. The van der Waals surface area contributed by atoms with Gasteiger partial charge in [0.15, 0.2) is 11.5 Å². The first-order valence-corrected chi connectivity index (χ1v) is 12.6. The lowest BCUT2D eigenvalue weighted by atomic mass is 10.1. The van der Waals surface area contributed by atoms with Crippen LogP contribution in [-0.2, 0) is 14.8 Å². The summed E-state index contributed by atoms with van der Waals surface area (Å²) in [6.07, 6.45) is 1.79. The molecule has 0 unspecified atom stereocenters. The number of ether oxygens (including phenoxy) is 2. The van der Waals surface area contributed by atoms with Crippen LogP contribution in [0.2, 0.25) is 0 Å². The lowest BCUT2D eigenvalue weighted by Crippen LogP contribution is -2.45. The molecule has 33 heavy (non-hydrogen) atoms. The molecule has 2 aromatic carbocycles. The second-order valence-corrected chi connectivity index (χ2v) is 9.74. The number of hydrogen-bond acceptors (Lipinski definition) is 6. The van der Waals surface area contributed by atoms with E-state index in [1.165, 1.54) is 13.0 Å². The Morgan fingerprint density at radius 3 is 2.39 bits per heavy atom. The van der Waals surface area contributed by atoms with Crippen LogP contribution in [0.15, 0.2) is 42.5 Å². The second-order valence-electron chi connectivity index (χ2n) is 7.88. The van der Waals surface area contributed by atoms with Crippen molar-refractivity contribution >= 4 is 33.2 Å². The van der Waals surface area contributed by atoms with Crippen molar-refractivity contribution in [2.24, 2.45) is 0 Å². The Morgan fingerprint density at radius 2 is 1.73 bits per heavy atom. The molecule has 0 bridgehead atoms. The van der Waals surface area contributed by atoms with E-state index in [0.717, 1.165) is 17.0 Å². The molecule has 0 aliphatic carbocycles. The molecular weight excluding hydrogens is 446 g/mol. The zero-order valence-electron chi connectivity index (χ0n) is 19.1. The zero-order valence-corrected chi connectivity index (χ0v) is 19.9. The third kappa shape index (κ3) is 5.75. The average Bonchev–Trinajstić information content (AvgIpc) is 2.78. The van der Waals surface area contributed by atoms with Crippen LogP contribution >= 0.6 is 0 Å². The Kier molecular flexibility index (Phi) is 7.47. The molecule has 9 nitrogen and oxygen atoms in total. The highest BCUT2D eigenvalue weighted by molar-refractivity contribution is 7.92. The lowest BCUT2D eigenvalue weighted by Gasteiger charge is -2.29. The van der Waals surface area contributed by atoms with Gasteiger partial charge in [0.2, 0.25) is 15.9 Å². The van der Waals surface area contributed by atoms with Gasteiger partial charge in [0.05, 0.1) is 23.2 Å². The number of anilines is 2. The van der Waals surface area contributed by atoms with Crippen LogP contribution in [0.5, 0.6) is 11.5 Å². The predicted molar refractivity (Wildman–Crippen MR) is 127 cm³/mol. The van der Waals surface area contributed by atoms with E-state index in [1.807, 2.05) is 13.8 Å². The summed E-state index contributed by atoms with van der Waals surface area (Å²) in [6, 6.07) is 10.2. The molecule has 0 spiro atoms. The summed E-state index contributed by atoms with van der Waals surface area (Å²) in [5.74, 6) is 0.0164. The number of carbonyl (C=O) groups is 2. The largest absolute Gasteiger partial charge is 0.486 e. The second kappa shape index (κ2) is 10.1. The number of nitrogens with one attached hydrogen (secondary N) is 2. The van der Waals surface area contributed by atoms with Gasteiger partial charge in [-0.25, -0.2) is 8.42 Å². The third-order valence-corrected chi connectivity index (χ3v) is 6.53. The van der Waals surface area contributed by atoms with Crippen LogP contribution in [-0.4, -0.2) is 51.8 Å². The minimum atomic E-state index is -3.83. The molecule has 2 amide bonds. The van der Waals surface area contributed by atoms with Crippen LogP contribution in [0.1, 0.15) is 37.6 Å². The molecule has 10 heteroatoms. The van der Waals surface area contributed by atoms with E-state index >= 15 is 0 Å². The normalized spacial score (nSPS) is 14.7. The predicted octanol–water partition coefficient (Wildman–Crippen LogP) is 2.78. The molecule has 0 saturated heterocycles. The average molecular weight is 476 g/mol. The maximum Gasteiger partial charge on any atom is 0.253 e. The van der Waals surface area contributed by atoms with Gasteiger partial charge in [0.1, 0.15) is 19.3 Å². The Hall–Kier alpha value is -3.27. The van der Waals surface area contributed by atoms with Crippen LogP contribution in [0, 0.1) is 0 Å². The van der Waals surface area contributed by atoms with Crippen molar-refractivity contribution in [3.05, 3.63) is 48.0 Å². The molecule has 0 fully saturated rings. The highest BCUT2D eigenvalue weighted by atomic mass is 32.2. The number of hydrogen-bond donors (Lipinski definition) is 2. The van der Waals surface area contributed by atoms with E-state index in [2.05, 4.69) is 10.6 Å². The molecule has 1 aliphatic heterocycles. The van der Waals surface area contributed by atoms with Gasteiger partial charge in [-0.05, 0) is 44.5 Å². The fourth-order valence-electron chi connectivity index (χ4n) is 3.41. The first-order valence-electron chi connectivity index (χ1n) is 10.7. The van der Waals surface area contributed by atoms with Crippen molar-refractivity contribution in [2.45, 2.75) is 39.3 Å². The highest BCUT2D eigenvalue weighted by Gasteiger charge is 2.31. The van der Waals surface area contributed by atoms with Gasteiger partial charge in [-0.3, -0.25) is 13.9 Å². The fourth-order valence-corrected chi connectivity index (χ4v) is 4.58. The number of sulfonamides is 1. The van der Waals surface area contributed by atoms with Crippen LogP contribution < -0.4 is 24.4 Å². The molecular formula is C23H29N3O6S. The van der Waals surface area contributed by atoms with Gasteiger partial charge in [-0.2, -0.15) is 0 Å². The molecule has 2 atom stereocenters. The quantitative estimate of drug-likeness (QED) is 0.607. The van der Waals surface area contributed by atoms with E-state index in [9.17, 15) is 18.0 Å². The Labute approximate surface area is 194 Å². The number of rotatable bonds is 8. The zero-order chi connectivity index (χ0) is 24.2. The van der Waals surface area contributed by atoms with Gasteiger partial charge in [-0.1, -0.05) is 19.1 Å². The van der Waals surface area contributed by atoms with Crippen LogP contribution in [0.25, 0.3) is 0 Å². The summed E-state index contributed by atoms with van der Waals surface area (Å²) >= 11 is 0. The smallest absolute Gasteiger partial charge is 0.253 e. The van der Waals surface area contributed by atoms with Crippen molar-refractivity contribution in [3.63, 3.8) is 0 Å². The van der Waals surface area contributed by atoms with Gasteiger partial charge in [0.25, 0.3) is 5.91 Å². The van der Waals surface area contributed by atoms with E-state index in [-0.39, 0.29) is 17.6 Å². The summed E-state index contributed by atoms with van der Waals surface area (Å²) < 4.78 is 37.3. The number of amides is 2. The SMILES string of the molecule is CC[C@H](C)NC(=O)c1ccccc1NC(=O)[C@@H](C)N(c1ccc2c(c1)OCCO2)S(C)(=O)=O. The molecule has 0 aromatic heterocycles. The number of para-hydroxylation sites is 1. The number of carbonyl (C=O) groups excluding carboxylic acids is 2.